The summed E-state index contributed by atoms with van der Waals surface area (Å²) in [6.07, 6.45) is 5.35. The second kappa shape index (κ2) is 5.69. The first kappa shape index (κ1) is 13.8. The molecule has 0 bridgehead atoms. The molecule has 3 atom stereocenters. The van der Waals surface area contributed by atoms with Crippen molar-refractivity contribution < 1.29 is 4.74 Å². The Morgan fingerprint density at radius 2 is 2.53 bits per heavy atom. The molecule has 1 aromatic heterocycles. The van der Waals surface area contributed by atoms with E-state index in [2.05, 4.69) is 10.4 Å². The quantitative estimate of drug-likeness (QED) is 0.662. The van der Waals surface area contributed by atoms with Gasteiger partial charge in [0.2, 0.25) is 0 Å². The molecule has 3 N–H and O–H groups in total. The number of thiazole rings is 1. The number of nitrogens with zero attached hydrogens (tertiary/aromatic N) is 1. The molecule has 2 fully saturated rings. The summed E-state index contributed by atoms with van der Waals surface area (Å²) in [7, 11) is 0. The Labute approximate surface area is 122 Å². The topological polar surface area (TPSA) is 60.2 Å². The molecule has 0 amide bonds. The van der Waals surface area contributed by atoms with Crippen LogP contribution in [0.15, 0.2) is 6.20 Å². The third-order valence-corrected chi connectivity index (χ3v) is 6.41. The third-order valence-electron chi connectivity index (χ3n) is 4.19. The van der Waals surface area contributed by atoms with Crippen molar-refractivity contribution in [2.24, 2.45) is 11.8 Å². The van der Waals surface area contributed by atoms with E-state index in [0.717, 1.165) is 30.2 Å². The van der Waals surface area contributed by atoms with E-state index in [4.69, 9.17) is 10.6 Å². The van der Waals surface area contributed by atoms with Crippen molar-refractivity contribution in [2.75, 3.05) is 18.1 Å². The molecule has 1 aromatic rings. The number of aryl methyl sites for hydroxylation is 1. The Bertz CT molecular complexity index is 431. The standard InChI is InChI=1S/C13H21N3OS2/c1-9-15-7-11(19-9)12(16-14)10-2-4-17-13(6-10)3-5-18-8-13/h7,10,12,16H,2-6,8,14H2,1H3. The zero-order valence-corrected chi connectivity index (χ0v) is 12.9. The molecule has 2 aliphatic rings. The number of ether oxygens (including phenoxy) is 1. The zero-order chi connectivity index (χ0) is 13.3. The average Bonchev–Trinajstić information content (AvgIpc) is 3.01. The molecule has 0 aromatic carbocycles. The van der Waals surface area contributed by atoms with Crippen LogP contribution in [0.25, 0.3) is 0 Å². The van der Waals surface area contributed by atoms with E-state index in [1.54, 1.807) is 11.3 Å². The number of hydrazine groups is 1. The number of rotatable bonds is 3. The highest BCUT2D eigenvalue weighted by Crippen LogP contribution is 2.44. The summed E-state index contributed by atoms with van der Waals surface area (Å²) < 4.78 is 6.09. The summed E-state index contributed by atoms with van der Waals surface area (Å²) >= 11 is 3.76. The summed E-state index contributed by atoms with van der Waals surface area (Å²) in [6.45, 7) is 2.90. The highest BCUT2D eigenvalue weighted by atomic mass is 32.2. The van der Waals surface area contributed by atoms with Gasteiger partial charge in [0, 0.05) is 23.4 Å². The lowest BCUT2D eigenvalue weighted by atomic mass is 9.81. The van der Waals surface area contributed by atoms with E-state index < -0.39 is 0 Å². The molecule has 19 heavy (non-hydrogen) atoms. The number of nitrogens with two attached hydrogens (primary N) is 1. The Morgan fingerprint density at radius 3 is 3.16 bits per heavy atom. The SMILES string of the molecule is Cc1ncc(C(NN)C2CCOC3(CCSC3)C2)s1. The molecular weight excluding hydrogens is 278 g/mol. The highest BCUT2D eigenvalue weighted by molar-refractivity contribution is 7.99. The number of hydrogen-bond acceptors (Lipinski definition) is 6. The molecule has 106 valence electrons. The first-order chi connectivity index (χ1) is 9.22. The molecule has 4 nitrogen and oxygen atoms in total. The third kappa shape index (κ3) is 2.83. The van der Waals surface area contributed by atoms with Crippen LogP contribution >= 0.6 is 23.1 Å². The first-order valence-corrected chi connectivity index (χ1v) is 8.80. The van der Waals surface area contributed by atoms with Crippen molar-refractivity contribution >= 4 is 23.1 Å². The maximum Gasteiger partial charge on any atom is 0.0897 e. The molecule has 2 aliphatic heterocycles. The maximum absolute atomic E-state index is 6.09. The van der Waals surface area contributed by atoms with Crippen LogP contribution in [-0.4, -0.2) is 28.7 Å². The van der Waals surface area contributed by atoms with E-state index in [1.165, 1.54) is 17.1 Å². The fraction of sp³-hybridized carbons (Fsp3) is 0.769. The van der Waals surface area contributed by atoms with Gasteiger partial charge in [-0.15, -0.1) is 11.3 Å². The molecule has 0 radical (unpaired) electrons. The summed E-state index contributed by atoms with van der Waals surface area (Å²) in [5, 5.41) is 1.11. The average molecular weight is 299 g/mol. The van der Waals surface area contributed by atoms with Gasteiger partial charge >= 0.3 is 0 Å². The summed E-state index contributed by atoms with van der Waals surface area (Å²) in [5.74, 6) is 8.74. The van der Waals surface area contributed by atoms with Crippen LogP contribution in [0.5, 0.6) is 0 Å². The number of hydrogen-bond donors (Lipinski definition) is 2. The van der Waals surface area contributed by atoms with Gasteiger partial charge in [0.25, 0.3) is 0 Å². The van der Waals surface area contributed by atoms with Crippen LogP contribution in [-0.2, 0) is 4.74 Å². The molecular formula is C13H21N3OS2. The largest absolute Gasteiger partial charge is 0.374 e. The van der Waals surface area contributed by atoms with Crippen molar-refractivity contribution in [3.63, 3.8) is 0 Å². The van der Waals surface area contributed by atoms with Crippen molar-refractivity contribution in [1.29, 1.82) is 0 Å². The van der Waals surface area contributed by atoms with E-state index in [9.17, 15) is 0 Å². The fourth-order valence-corrected chi connectivity index (χ4v) is 5.50. The van der Waals surface area contributed by atoms with E-state index >= 15 is 0 Å². The maximum atomic E-state index is 6.09. The van der Waals surface area contributed by atoms with Gasteiger partial charge in [0.05, 0.1) is 16.7 Å². The molecule has 3 rings (SSSR count). The van der Waals surface area contributed by atoms with Crippen molar-refractivity contribution in [3.8, 4) is 0 Å². The minimum absolute atomic E-state index is 0.114. The van der Waals surface area contributed by atoms with Gasteiger partial charge in [-0.05, 0) is 37.9 Å². The molecule has 3 unspecified atom stereocenters. The van der Waals surface area contributed by atoms with Crippen LogP contribution < -0.4 is 11.3 Å². The molecule has 0 aliphatic carbocycles. The summed E-state index contributed by atoms with van der Waals surface area (Å²) in [5.41, 5.74) is 3.13. The molecule has 3 heterocycles. The van der Waals surface area contributed by atoms with Crippen molar-refractivity contribution in [2.45, 2.75) is 37.8 Å². The first-order valence-electron chi connectivity index (χ1n) is 6.83. The monoisotopic (exact) mass is 299 g/mol. The summed E-state index contributed by atoms with van der Waals surface area (Å²) in [4.78, 5) is 5.61. The van der Waals surface area contributed by atoms with Crippen LogP contribution in [0.1, 0.15) is 35.2 Å². The van der Waals surface area contributed by atoms with Crippen molar-refractivity contribution in [3.05, 3.63) is 16.1 Å². The molecule has 1 spiro atoms. The van der Waals surface area contributed by atoms with Crippen LogP contribution in [0.2, 0.25) is 0 Å². The Kier molecular flexibility index (Phi) is 4.14. The molecule has 0 saturated carbocycles. The van der Waals surface area contributed by atoms with Gasteiger partial charge in [-0.3, -0.25) is 11.3 Å². The normalized spacial score (nSPS) is 32.8. The zero-order valence-electron chi connectivity index (χ0n) is 11.2. The number of thioether (sulfide) groups is 1. The number of nitrogens with one attached hydrogen (secondary N) is 1. The number of aromatic nitrogens is 1. The van der Waals surface area contributed by atoms with E-state index in [0.29, 0.717) is 5.92 Å². The summed E-state index contributed by atoms with van der Waals surface area (Å²) in [6, 6.07) is 0.220. The predicted molar refractivity (Wildman–Crippen MR) is 80.3 cm³/mol. The van der Waals surface area contributed by atoms with Crippen LogP contribution in [0.4, 0.5) is 0 Å². The van der Waals surface area contributed by atoms with Crippen LogP contribution in [0, 0.1) is 12.8 Å². The van der Waals surface area contributed by atoms with E-state index in [-0.39, 0.29) is 11.6 Å². The van der Waals surface area contributed by atoms with Gasteiger partial charge in [0.1, 0.15) is 0 Å². The Hall–Kier alpha value is -0.140. The highest BCUT2D eigenvalue weighted by Gasteiger charge is 2.42. The smallest absolute Gasteiger partial charge is 0.0897 e. The lowest BCUT2D eigenvalue weighted by molar-refractivity contribution is -0.0852. The minimum Gasteiger partial charge on any atom is -0.374 e. The minimum atomic E-state index is 0.114. The lowest BCUT2D eigenvalue weighted by Gasteiger charge is -2.40. The predicted octanol–water partition coefficient (Wildman–Crippen LogP) is 2.26. The van der Waals surface area contributed by atoms with Gasteiger partial charge in [0.15, 0.2) is 0 Å². The lowest BCUT2D eigenvalue weighted by Crippen LogP contribution is -2.44. The van der Waals surface area contributed by atoms with Gasteiger partial charge in [-0.25, -0.2) is 4.98 Å². The van der Waals surface area contributed by atoms with Crippen LogP contribution in [0.3, 0.4) is 0 Å². The molecule has 6 heteroatoms. The second-order valence-corrected chi connectivity index (χ2v) is 7.88. The van der Waals surface area contributed by atoms with E-state index in [1.807, 2.05) is 24.9 Å². The molecule has 2 saturated heterocycles. The van der Waals surface area contributed by atoms with Gasteiger partial charge in [-0.1, -0.05) is 0 Å². The Balaban J connectivity index is 1.76. The fourth-order valence-electron chi connectivity index (χ4n) is 3.19. The van der Waals surface area contributed by atoms with Gasteiger partial charge in [-0.2, -0.15) is 11.8 Å². The second-order valence-electron chi connectivity index (χ2n) is 5.51. The van der Waals surface area contributed by atoms with Gasteiger partial charge < -0.3 is 4.74 Å². The van der Waals surface area contributed by atoms with Crippen molar-refractivity contribution in [1.82, 2.24) is 10.4 Å². The Morgan fingerprint density at radius 1 is 1.63 bits per heavy atom.